The molecule has 2 aromatic carbocycles. The third-order valence-electron chi connectivity index (χ3n) is 5.45. The second-order valence-corrected chi connectivity index (χ2v) is 8.82. The van der Waals surface area contributed by atoms with E-state index in [0.29, 0.717) is 11.1 Å². The lowest BCUT2D eigenvalue weighted by Gasteiger charge is -2.14. The quantitative estimate of drug-likeness (QED) is 0.329. The summed E-state index contributed by atoms with van der Waals surface area (Å²) in [5.74, 6) is -1.65. The maximum Gasteiger partial charge on any atom is 0.387 e. The third kappa shape index (κ3) is 5.18. The van der Waals surface area contributed by atoms with Crippen LogP contribution in [0.1, 0.15) is 44.1 Å². The van der Waals surface area contributed by atoms with Gasteiger partial charge in [-0.1, -0.05) is 24.3 Å². The molecule has 0 radical (unpaired) electrons. The van der Waals surface area contributed by atoms with Gasteiger partial charge in [-0.2, -0.15) is 8.78 Å². The van der Waals surface area contributed by atoms with Crippen molar-refractivity contribution in [3.63, 3.8) is 0 Å². The Kier molecular flexibility index (Phi) is 6.97. The number of carbonyl (C=O) groups is 2. The number of aromatic nitrogens is 2. The van der Waals surface area contributed by atoms with Gasteiger partial charge in [0.2, 0.25) is 0 Å². The van der Waals surface area contributed by atoms with Crippen LogP contribution in [-0.2, 0) is 6.54 Å². The highest BCUT2D eigenvalue weighted by atomic mass is 32.1. The standard InChI is InChI=1S/C24H19F2N3O6S/c1-12(14-5-7-15(8-6-14)22(32)33)29-21(31)17-10-18(36-20(17)28-24(29)34)19(30)27-11-13-3-2-4-16(9-13)35-23(25)26/h2-10,12,23H,11H2,1H3,(H,27,30)(H,28,34)(H,32,33). The summed E-state index contributed by atoms with van der Waals surface area (Å²) in [4.78, 5) is 52.6. The number of carbonyl (C=O) groups excluding carboxylic acids is 1. The predicted octanol–water partition coefficient (Wildman–Crippen LogP) is 3.59. The molecule has 1 atom stereocenters. The van der Waals surface area contributed by atoms with Crippen molar-refractivity contribution in [3.05, 3.63) is 97.0 Å². The molecule has 4 rings (SSSR count). The molecule has 9 nitrogen and oxygen atoms in total. The molecule has 1 unspecified atom stereocenters. The number of halogens is 2. The first-order chi connectivity index (χ1) is 17.1. The number of ether oxygens (including phenoxy) is 1. The molecule has 2 aromatic heterocycles. The van der Waals surface area contributed by atoms with Crippen LogP contribution in [0.3, 0.4) is 0 Å². The van der Waals surface area contributed by atoms with Crippen LogP contribution in [0.2, 0.25) is 0 Å². The van der Waals surface area contributed by atoms with Crippen molar-refractivity contribution < 1.29 is 28.2 Å². The first kappa shape index (κ1) is 24.8. The van der Waals surface area contributed by atoms with E-state index in [-0.39, 0.29) is 33.0 Å². The molecule has 4 aromatic rings. The molecular formula is C24H19F2N3O6S. The number of rotatable bonds is 8. The molecule has 0 aliphatic heterocycles. The molecule has 0 bridgehead atoms. The van der Waals surface area contributed by atoms with Crippen LogP contribution in [0, 0.1) is 0 Å². The maximum atomic E-state index is 13.1. The highest BCUT2D eigenvalue weighted by Gasteiger charge is 2.19. The van der Waals surface area contributed by atoms with E-state index in [1.165, 1.54) is 48.5 Å². The summed E-state index contributed by atoms with van der Waals surface area (Å²) in [6.45, 7) is -1.31. The summed E-state index contributed by atoms with van der Waals surface area (Å²) in [7, 11) is 0. The Balaban J connectivity index is 1.57. The predicted molar refractivity (Wildman–Crippen MR) is 128 cm³/mol. The number of thiophene rings is 1. The van der Waals surface area contributed by atoms with Crippen LogP contribution in [0.25, 0.3) is 10.2 Å². The minimum atomic E-state index is -2.97. The number of amides is 1. The summed E-state index contributed by atoms with van der Waals surface area (Å²) < 4.78 is 30.2. The van der Waals surface area contributed by atoms with Gasteiger partial charge in [0.15, 0.2) is 0 Å². The van der Waals surface area contributed by atoms with E-state index in [1.807, 2.05) is 0 Å². The SMILES string of the molecule is CC(c1ccc(C(=O)O)cc1)n1c(=O)[nH]c2sc(C(=O)NCc3cccc(OC(F)F)c3)cc2c1=O. The number of alkyl halides is 2. The third-order valence-corrected chi connectivity index (χ3v) is 6.50. The van der Waals surface area contributed by atoms with Gasteiger partial charge in [-0.25, -0.2) is 9.59 Å². The summed E-state index contributed by atoms with van der Waals surface area (Å²) in [6.07, 6.45) is 0. The van der Waals surface area contributed by atoms with Crippen molar-refractivity contribution in [1.82, 2.24) is 14.9 Å². The number of carboxylic acids is 1. The van der Waals surface area contributed by atoms with Crippen molar-refractivity contribution in [3.8, 4) is 5.75 Å². The van der Waals surface area contributed by atoms with Gasteiger partial charge in [-0.3, -0.25) is 19.1 Å². The van der Waals surface area contributed by atoms with E-state index in [0.717, 1.165) is 15.9 Å². The Labute approximate surface area is 205 Å². The Hall–Kier alpha value is -4.32. The zero-order valence-corrected chi connectivity index (χ0v) is 19.5. The molecule has 3 N–H and O–H groups in total. The summed E-state index contributed by atoms with van der Waals surface area (Å²) in [5.41, 5.74) is -0.119. The van der Waals surface area contributed by atoms with Crippen LogP contribution < -0.4 is 21.3 Å². The number of aromatic carboxylic acids is 1. The molecule has 0 aliphatic rings. The van der Waals surface area contributed by atoms with Crippen LogP contribution in [0.5, 0.6) is 5.75 Å². The normalized spacial score (nSPS) is 12.0. The molecule has 0 saturated carbocycles. The van der Waals surface area contributed by atoms with Crippen molar-refractivity contribution in [2.75, 3.05) is 0 Å². The van der Waals surface area contributed by atoms with Crippen LogP contribution in [0.4, 0.5) is 8.78 Å². The number of benzene rings is 2. The lowest BCUT2D eigenvalue weighted by Crippen LogP contribution is -2.37. The molecule has 0 saturated heterocycles. The van der Waals surface area contributed by atoms with Gasteiger partial charge in [0.1, 0.15) is 10.6 Å². The molecule has 0 aliphatic carbocycles. The Morgan fingerprint density at radius 1 is 1.14 bits per heavy atom. The van der Waals surface area contributed by atoms with E-state index in [4.69, 9.17) is 5.11 Å². The fourth-order valence-corrected chi connectivity index (χ4v) is 4.60. The zero-order chi connectivity index (χ0) is 26.0. The molecular weight excluding hydrogens is 496 g/mol. The van der Waals surface area contributed by atoms with Crippen LogP contribution >= 0.6 is 11.3 Å². The average Bonchev–Trinajstić information content (AvgIpc) is 3.27. The van der Waals surface area contributed by atoms with Gasteiger partial charge in [0, 0.05) is 6.54 Å². The van der Waals surface area contributed by atoms with E-state index in [2.05, 4.69) is 15.0 Å². The van der Waals surface area contributed by atoms with E-state index in [1.54, 1.807) is 13.0 Å². The molecule has 36 heavy (non-hydrogen) atoms. The Morgan fingerprint density at radius 2 is 1.86 bits per heavy atom. The number of aromatic amines is 1. The Morgan fingerprint density at radius 3 is 2.53 bits per heavy atom. The van der Waals surface area contributed by atoms with Crippen molar-refractivity contribution in [2.24, 2.45) is 0 Å². The summed E-state index contributed by atoms with van der Waals surface area (Å²) in [6, 6.07) is 12.4. The number of carboxylic acid groups (broad SMARTS) is 1. The Bertz CT molecular complexity index is 1560. The first-order valence-corrected chi connectivity index (χ1v) is 11.4. The number of H-pyrrole nitrogens is 1. The monoisotopic (exact) mass is 515 g/mol. The number of nitrogens with zero attached hydrogens (tertiary/aromatic N) is 1. The van der Waals surface area contributed by atoms with Gasteiger partial charge in [0.05, 0.1) is 21.9 Å². The minimum absolute atomic E-state index is 0.0254. The average molecular weight is 515 g/mol. The number of fused-ring (bicyclic) bond motifs is 1. The van der Waals surface area contributed by atoms with Gasteiger partial charge < -0.3 is 15.2 Å². The van der Waals surface area contributed by atoms with E-state index < -0.39 is 35.8 Å². The van der Waals surface area contributed by atoms with Gasteiger partial charge in [-0.15, -0.1) is 11.3 Å². The fraction of sp³-hybridized carbons (Fsp3) is 0.167. The largest absolute Gasteiger partial charge is 0.478 e. The topological polar surface area (TPSA) is 130 Å². The number of hydrogen-bond donors (Lipinski definition) is 3. The van der Waals surface area contributed by atoms with Crippen molar-refractivity contribution >= 4 is 33.4 Å². The molecule has 1 amide bonds. The van der Waals surface area contributed by atoms with Crippen LogP contribution in [0.15, 0.2) is 64.2 Å². The van der Waals surface area contributed by atoms with Crippen molar-refractivity contribution in [1.29, 1.82) is 0 Å². The second-order valence-electron chi connectivity index (χ2n) is 7.77. The number of hydrogen-bond acceptors (Lipinski definition) is 6. The second kappa shape index (κ2) is 10.1. The van der Waals surface area contributed by atoms with Gasteiger partial charge >= 0.3 is 18.3 Å². The lowest BCUT2D eigenvalue weighted by atomic mass is 10.1. The van der Waals surface area contributed by atoms with Crippen LogP contribution in [-0.4, -0.2) is 33.1 Å². The molecule has 0 fully saturated rings. The molecule has 186 valence electrons. The minimum Gasteiger partial charge on any atom is -0.478 e. The smallest absolute Gasteiger partial charge is 0.387 e. The van der Waals surface area contributed by atoms with E-state index in [9.17, 15) is 28.0 Å². The molecule has 0 spiro atoms. The highest BCUT2D eigenvalue weighted by molar-refractivity contribution is 7.20. The number of nitrogens with one attached hydrogen (secondary N) is 2. The van der Waals surface area contributed by atoms with E-state index >= 15 is 0 Å². The molecule has 2 heterocycles. The maximum absolute atomic E-state index is 13.1. The fourth-order valence-electron chi connectivity index (χ4n) is 3.64. The summed E-state index contributed by atoms with van der Waals surface area (Å²) in [5, 5.41) is 11.8. The van der Waals surface area contributed by atoms with Gasteiger partial charge in [-0.05, 0) is 48.4 Å². The highest BCUT2D eigenvalue weighted by Crippen LogP contribution is 2.22. The van der Waals surface area contributed by atoms with Crippen molar-refractivity contribution in [2.45, 2.75) is 26.1 Å². The zero-order valence-electron chi connectivity index (χ0n) is 18.7. The molecule has 12 heteroatoms. The summed E-state index contributed by atoms with van der Waals surface area (Å²) >= 11 is 0.932. The first-order valence-electron chi connectivity index (χ1n) is 10.6. The lowest BCUT2D eigenvalue weighted by molar-refractivity contribution is -0.0499. The van der Waals surface area contributed by atoms with Gasteiger partial charge in [0.25, 0.3) is 11.5 Å².